The van der Waals surface area contributed by atoms with Crippen LogP contribution in [0.1, 0.15) is 38.5 Å². The van der Waals surface area contributed by atoms with Crippen molar-refractivity contribution in [2.45, 2.75) is 61.9 Å². The second-order valence-electron chi connectivity index (χ2n) is 7.10. The van der Waals surface area contributed by atoms with E-state index in [2.05, 4.69) is 21.3 Å². The number of aliphatic carboxylic acids is 1. The second-order valence-corrected chi connectivity index (χ2v) is 8.38. The minimum Gasteiger partial charge on any atom is -0.480 e. The molecule has 4 atom stereocenters. The summed E-state index contributed by atoms with van der Waals surface area (Å²) in [5, 5.41) is 19.5. The fraction of sp³-hybridized carbons (Fsp3) is 0.706. The van der Waals surface area contributed by atoms with Crippen LogP contribution in [0.2, 0.25) is 0 Å². The van der Waals surface area contributed by atoms with Crippen molar-refractivity contribution in [1.29, 1.82) is 0 Å². The lowest BCUT2D eigenvalue weighted by Gasteiger charge is -2.18. The Morgan fingerprint density at radius 1 is 1.21 bits per heavy atom. The lowest BCUT2D eigenvalue weighted by atomic mass is 10.0. The molecule has 2 aliphatic heterocycles. The predicted octanol–water partition coefficient (Wildman–Crippen LogP) is -1.34. The minimum absolute atomic E-state index is 0.000998. The number of amides is 5. The van der Waals surface area contributed by atoms with Crippen molar-refractivity contribution in [1.82, 2.24) is 21.3 Å². The Balaban J connectivity index is 1.71. The first kappa shape index (κ1) is 22.8. The average molecular weight is 429 g/mol. The van der Waals surface area contributed by atoms with Gasteiger partial charge in [-0.1, -0.05) is 6.42 Å². The number of primary amides is 1. The number of unbranched alkanes of at least 4 members (excludes halogenated alkanes) is 1. The first-order chi connectivity index (χ1) is 13.8. The van der Waals surface area contributed by atoms with Gasteiger partial charge in [-0.3, -0.25) is 19.2 Å². The van der Waals surface area contributed by atoms with Gasteiger partial charge in [-0.05, 0) is 19.3 Å². The number of carboxylic acid groups (broad SMARTS) is 1. The molecule has 0 radical (unpaired) electrons. The molecule has 2 rings (SSSR count). The largest absolute Gasteiger partial charge is 0.480 e. The molecule has 7 N–H and O–H groups in total. The van der Waals surface area contributed by atoms with E-state index in [4.69, 9.17) is 10.8 Å². The van der Waals surface area contributed by atoms with E-state index in [1.54, 1.807) is 11.8 Å². The highest BCUT2D eigenvalue weighted by atomic mass is 32.2. The number of thioether (sulfide) groups is 1. The number of hydrogen-bond acceptors (Lipinski definition) is 6. The molecule has 162 valence electrons. The van der Waals surface area contributed by atoms with Crippen LogP contribution in [0.15, 0.2) is 0 Å². The molecule has 11 nitrogen and oxygen atoms in total. The number of hydrogen-bond donors (Lipinski definition) is 6. The summed E-state index contributed by atoms with van der Waals surface area (Å²) in [6, 6.07) is -0.860. The number of nitrogens with one attached hydrogen (secondary N) is 4. The Labute approximate surface area is 172 Å². The van der Waals surface area contributed by atoms with Gasteiger partial charge in [0.15, 0.2) is 0 Å². The third kappa shape index (κ3) is 7.44. The van der Waals surface area contributed by atoms with Crippen LogP contribution in [0.5, 0.6) is 0 Å². The van der Waals surface area contributed by atoms with Crippen LogP contribution >= 0.6 is 11.8 Å². The Kier molecular flexibility index (Phi) is 8.55. The normalized spacial score (nSPS) is 23.4. The third-order valence-corrected chi connectivity index (χ3v) is 6.33. The van der Waals surface area contributed by atoms with E-state index >= 15 is 0 Å². The quantitative estimate of drug-likeness (QED) is 0.164. The number of rotatable bonds is 12. The predicted molar refractivity (Wildman–Crippen MR) is 105 cm³/mol. The molecule has 0 aromatic heterocycles. The minimum atomic E-state index is -1.21. The Morgan fingerprint density at radius 2 is 1.97 bits per heavy atom. The molecule has 5 amide bonds. The van der Waals surface area contributed by atoms with Crippen molar-refractivity contribution >= 4 is 41.5 Å². The molecule has 0 aliphatic carbocycles. The lowest BCUT2D eigenvalue weighted by Crippen LogP contribution is -2.48. The summed E-state index contributed by atoms with van der Waals surface area (Å²) in [4.78, 5) is 57.1. The van der Waals surface area contributed by atoms with Gasteiger partial charge in [0.25, 0.3) is 0 Å². The van der Waals surface area contributed by atoms with E-state index < -0.39 is 30.4 Å². The summed E-state index contributed by atoms with van der Waals surface area (Å²) in [6.45, 7) is -0.575. The Morgan fingerprint density at radius 3 is 2.66 bits per heavy atom. The molecule has 2 fully saturated rings. The standard InChI is InChI=1S/C17H27N5O6S/c18-12(23)6-5-9(16(27)19-7-14(25)26)20-13(24)4-2-1-3-11-15-10(8-29-11)21-17(28)22-15/h9-11,15H,1-8H2,(H2,18,23)(H,19,27)(H,20,24)(H,25,26)(H2,21,22,28)/t9?,10?,11-,15?/m1/s1. The molecule has 0 aromatic rings. The summed E-state index contributed by atoms with van der Waals surface area (Å²) in [6.07, 6.45) is 2.37. The van der Waals surface area contributed by atoms with Crippen molar-refractivity contribution in [2.75, 3.05) is 12.3 Å². The van der Waals surface area contributed by atoms with Gasteiger partial charge in [0.2, 0.25) is 17.7 Å². The van der Waals surface area contributed by atoms with Gasteiger partial charge in [-0.15, -0.1) is 0 Å². The molecular weight excluding hydrogens is 402 g/mol. The third-order valence-electron chi connectivity index (χ3n) is 4.83. The van der Waals surface area contributed by atoms with E-state index in [9.17, 15) is 24.0 Å². The van der Waals surface area contributed by atoms with Crippen LogP contribution in [-0.2, 0) is 19.2 Å². The zero-order valence-electron chi connectivity index (χ0n) is 15.9. The SMILES string of the molecule is NC(=O)CCC(NC(=O)CCCC[C@H]1SCC2NC(=O)NC21)C(=O)NCC(=O)O. The molecule has 12 heteroatoms. The molecule has 0 saturated carbocycles. The Bertz CT molecular complexity index is 660. The molecule has 0 aromatic carbocycles. The van der Waals surface area contributed by atoms with E-state index in [1.807, 2.05) is 0 Å². The molecular formula is C17H27N5O6S. The van der Waals surface area contributed by atoms with Gasteiger partial charge in [-0.2, -0.15) is 11.8 Å². The van der Waals surface area contributed by atoms with Crippen LogP contribution in [0.3, 0.4) is 0 Å². The van der Waals surface area contributed by atoms with Crippen LogP contribution in [0, 0.1) is 0 Å². The molecule has 2 saturated heterocycles. The highest BCUT2D eigenvalue weighted by Gasteiger charge is 2.42. The van der Waals surface area contributed by atoms with Gasteiger partial charge < -0.3 is 32.1 Å². The van der Waals surface area contributed by atoms with Crippen molar-refractivity contribution in [3.05, 3.63) is 0 Å². The molecule has 0 spiro atoms. The molecule has 29 heavy (non-hydrogen) atoms. The molecule has 0 bridgehead atoms. The first-order valence-electron chi connectivity index (χ1n) is 9.52. The number of carboxylic acids is 1. The number of nitrogens with two attached hydrogens (primary N) is 1. The van der Waals surface area contributed by atoms with Crippen molar-refractivity contribution in [3.63, 3.8) is 0 Å². The highest BCUT2D eigenvalue weighted by molar-refractivity contribution is 8.00. The summed E-state index contributed by atoms with van der Waals surface area (Å²) >= 11 is 1.80. The van der Waals surface area contributed by atoms with Crippen LogP contribution in [0.4, 0.5) is 4.79 Å². The van der Waals surface area contributed by atoms with Gasteiger partial charge in [0.05, 0.1) is 12.1 Å². The zero-order chi connectivity index (χ0) is 21.4. The summed E-state index contributed by atoms with van der Waals surface area (Å²) in [5.74, 6) is -1.96. The van der Waals surface area contributed by atoms with Crippen molar-refractivity contribution in [2.24, 2.45) is 5.73 Å². The maximum atomic E-state index is 12.2. The summed E-state index contributed by atoms with van der Waals surface area (Å²) in [7, 11) is 0. The average Bonchev–Trinajstić information content (AvgIpc) is 3.19. The molecule has 2 heterocycles. The Hall–Kier alpha value is -2.50. The summed E-state index contributed by atoms with van der Waals surface area (Å²) < 4.78 is 0. The molecule has 3 unspecified atom stereocenters. The van der Waals surface area contributed by atoms with Gasteiger partial charge in [0.1, 0.15) is 12.6 Å². The van der Waals surface area contributed by atoms with E-state index in [1.165, 1.54) is 0 Å². The zero-order valence-corrected chi connectivity index (χ0v) is 16.8. The van der Waals surface area contributed by atoms with Gasteiger partial charge >= 0.3 is 12.0 Å². The number of carbonyl (C=O) groups excluding carboxylic acids is 4. The lowest BCUT2D eigenvalue weighted by molar-refractivity contribution is -0.138. The van der Waals surface area contributed by atoms with Gasteiger partial charge in [0, 0.05) is 23.8 Å². The number of fused-ring (bicyclic) bond motifs is 1. The number of urea groups is 1. The van der Waals surface area contributed by atoms with E-state index in [-0.39, 0.29) is 43.3 Å². The fourth-order valence-corrected chi connectivity index (χ4v) is 4.93. The maximum absolute atomic E-state index is 12.2. The van der Waals surface area contributed by atoms with Crippen LogP contribution < -0.4 is 27.0 Å². The van der Waals surface area contributed by atoms with Gasteiger partial charge in [-0.25, -0.2) is 4.79 Å². The first-order valence-corrected chi connectivity index (χ1v) is 10.6. The van der Waals surface area contributed by atoms with Crippen molar-refractivity contribution in [3.8, 4) is 0 Å². The van der Waals surface area contributed by atoms with Crippen molar-refractivity contribution < 1.29 is 29.1 Å². The van der Waals surface area contributed by atoms with E-state index in [0.29, 0.717) is 11.7 Å². The fourth-order valence-electron chi connectivity index (χ4n) is 3.38. The topological polar surface area (TPSA) is 180 Å². The highest BCUT2D eigenvalue weighted by Crippen LogP contribution is 2.33. The second kappa shape index (κ2) is 10.9. The van der Waals surface area contributed by atoms with E-state index in [0.717, 1.165) is 18.6 Å². The maximum Gasteiger partial charge on any atom is 0.322 e. The monoisotopic (exact) mass is 429 g/mol. The summed E-state index contributed by atoms with van der Waals surface area (Å²) in [5.41, 5.74) is 5.09. The number of carbonyl (C=O) groups is 5. The smallest absolute Gasteiger partial charge is 0.322 e. The molecule has 2 aliphatic rings. The van der Waals surface area contributed by atoms with Crippen LogP contribution in [-0.4, -0.2) is 70.5 Å². The van der Waals surface area contributed by atoms with Crippen LogP contribution in [0.25, 0.3) is 0 Å².